The molecule has 1 fully saturated rings. The van der Waals surface area contributed by atoms with Crippen LogP contribution in [0.25, 0.3) is 0 Å². The van der Waals surface area contributed by atoms with Crippen LogP contribution in [0.15, 0.2) is 18.2 Å². The highest BCUT2D eigenvalue weighted by atomic mass is 16.2. The maximum atomic E-state index is 11.8. The van der Waals surface area contributed by atoms with Gasteiger partial charge in [-0.2, -0.15) is 0 Å². The number of amides is 1. The Morgan fingerprint density at radius 3 is 2.62 bits per heavy atom. The highest BCUT2D eigenvalue weighted by Gasteiger charge is 2.31. The minimum absolute atomic E-state index is 0.306. The van der Waals surface area contributed by atoms with E-state index >= 15 is 0 Å². The Morgan fingerprint density at radius 2 is 2.06 bits per heavy atom. The van der Waals surface area contributed by atoms with E-state index in [0.29, 0.717) is 11.8 Å². The molecule has 0 atom stereocenters. The topological polar surface area (TPSA) is 20.3 Å². The molecule has 1 aromatic carbocycles. The lowest BCUT2D eigenvalue weighted by Crippen LogP contribution is -2.27. The molecule has 2 heteroatoms. The second-order valence-corrected chi connectivity index (χ2v) is 4.90. The molecule has 0 spiro atoms. The zero-order valence-electron chi connectivity index (χ0n) is 10.3. The SMILES string of the molecule is Cc1ccc(CN(C)C(=O)C2CC2)c(C)c1. The zero-order chi connectivity index (χ0) is 11.7. The normalized spacial score (nSPS) is 14.9. The standard InChI is InChI=1S/C14H19NO/c1-10-4-5-13(11(2)8-10)9-15(3)14(16)12-6-7-12/h4-5,8,12H,6-7,9H2,1-3H3. The van der Waals surface area contributed by atoms with E-state index in [0.717, 1.165) is 19.4 Å². The summed E-state index contributed by atoms with van der Waals surface area (Å²) in [5, 5.41) is 0. The number of aryl methyl sites for hydroxylation is 2. The Bertz CT molecular complexity index is 407. The number of nitrogens with zero attached hydrogens (tertiary/aromatic N) is 1. The Hall–Kier alpha value is -1.31. The molecule has 0 heterocycles. The molecule has 2 nitrogen and oxygen atoms in total. The lowest BCUT2D eigenvalue weighted by atomic mass is 10.1. The molecule has 0 radical (unpaired) electrons. The van der Waals surface area contributed by atoms with Crippen LogP contribution in [0, 0.1) is 19.8 Å². The first-order valence-corrected chi connectivity index (χ1v) is 5.89. The third-order valence-electron chi connectivity index (χ3n) is 3.21. The first kappa shape index (κ1) is 11.2. The van der Waals surface area contributed by atoms with Crippen LogP contribution in [-0.4, -0.2) is 17.9 Å². The Labute approximate surface area is 97.3 Å². The second-order valence-electron chi connectivity index (χ2n) is 4.90. The van der Waals surface area contributed by atoms with Crippen LogP contribution in [0.3, 0.4) is 0 Å². The molecule has 0 N–H and O–H groups in total. The van der Waals surface area contributed by atoms with Gasteiger partial charge in [-0.1, -0.05) is 23.8 Å². The largest absolute Gasteiger partial charge is 0.341 e. The summed E-state index contributed by atoms with van der Waals surface area (Å²) in [7, 11) is 1.90. The summed E-state index contributed by atoms with van der Waals surface area (Å²) in [6.45, 7) is 4.94. The lowest BCUT2D eigenvalue weighted by Gasteiger charge is -2.18. The molecule has 0 unspecified atom stereocenters. The fourth-order valence-corrected chi connectivity index (χ4v) is 2.00. The maximum absolute atomic E-state index is 11.8. The summed E-state index contributed by atoms with van der Waals surface area (Å²) >= 11 is 0. The van der Waals surface area contributed by atoms with Crippen LogP contribution in [0.2, 0.25) is 0 Å². The predicted octanol–water partition coefficient (Wildman–Crippen LogP) is 2.67. The Kier molecular flexibility index (Phi) is 2.99. The van der Waals surface area contributed by atoms with Crippen LogP contribution in [0.4, 0.5) is 0 Å². The van der Waals surface area contributed by atoms with Crippen molar-refractivity contribution in [3.63, 3.8) is 0 Å². The van der Waals surface area contributed by atoms with Gasteiger partial charge < -0.3 is 4.90 Å². The van der Waals surface area contributed by atoms with Gasteiger partial charge in [0.2, 0.25) is 5.91 Å². The van der Waals surface area contributed by atoms with E-state index in [4.69, 9.17) is 0 Å². The van der Waals surface area contributed by atoms with Gasteiger partial charge in [-0.05, 0) is 37.8 Å². The quantitative estimate of drug-likeness (QED) is 0.762. The molecule has 16 heavy (non-hydrogen) atoms. The number of rotatable bonds is 3. The van der Waals surface area contributed by atoms with E-state index in [1.807, 2.05) is 11.9 Å². The van der Waals surface area contributed by atoms with Gasteiger partial charge in [-0.15, -0.1) is 0 Å². The van der Waals surface area contributed by atoms with Gasteiger partial charge in [0.15, 0.2) is 0 Å². The van der Waals surface area contributed by atoms with E-state index < -0.39 is 0 Å². The number of benzene rings is 1. The number of carbonyl (C=O) groups is 1. The smallest absolute Gasteiger partial charge is 0.225 e. The zero-order valence-corrected chi connectivity index (χ0v) is 10.3. The molecule has 1 saturated carbocycles. The van der Waals surface area contributed by atoms with Crippen molar-refractivity contribution in [1.82, 2.24) is 4.90 Å². The molecular formula is C14H19NO. The molecule has 0 aromatic heterocycles. The summed E-state index contributed by atoms with van der Waals surface area (Å²) in [4.78, 5) is 13.7. The van der Waals surface area contributed by atoms with Crippen molar-refractivity contribution in [2.75, 3.05) is 7.05 Å². The number of hydrogen-bond acceptors (Lipinski definition) is 1. The first-order chi connectivity index (χ1) is 7.58. The molecule has 1 aliphatic carbocycles. The van der Waals surface area contributed by atoms with Gasteiger partial charge in [0.1, 0.15) is 0 Å². The van der Waals surface area contributed by atoms with Gasteiger partial charge in [0.05, 0.1) is 0 Å². The molecular weight excluding hydrogens is 198 g/mol. The highest BCUT2D eigenvalue weighted by molar-refractivity contribution is 5.80. The second kappa shape index (κ2) is 4.28. The average molecular weight is 217 g/mol. The molecule has 0 bridgehead atoms. The molecule has 1 amide bonds. The summed E-state index contributed by atoms with van der Waals surface area (Å²) in [6.07, 6.45) is 2.16. The van der Waals surface area contributed by atoms with Crippen molar-refractivity contribution >= 4 is 5.91 Å². The molecule has 0 aliphatic heterocycles. The van der Waals surface area contributed by atoms with Gasteiger partial charge in [-0.3, -0.25) is 4.79 Å². The van der Waals surface area contributed by atoms with E-state index in [1.165, 1.54) is 16.7 Å². The van der Waals surface area contributed by atoms with Crippen LogP contribution >= 0.6 is 0 Å². The van der Waals surface area contributed by atoms with Crippen LogP contribution < -0.4 is 0 Å². The molecule has 2 rings (SSSR count). The van der Waals surface area contributed by atoms with E-state index in [2.05, 4.69) is 32.0 Å². The first-order valence-electron chi connectivity index (χ1n) is 5.89. The minimum Gasteiger partial charge on any atom is -0.341 e. The Balaban J connectivity index is 2.05. The summed E-state index contributed by atoms with van der Waals surface area (Å²) < 4.78 is 0. The maximum Gasteiger partial charge on any atom is 0.225 e. The predicted molar refractivity (Wildman–Crippen MR) is 65.1 cm³/mol. The summed E-state index contributed by atoms with van der Waals surface area (Å²) in [5.74, 6) is 0.621. The van der Waals surface area contributed by atoms with Gasteiger partial charge in [0, 0.05) is 19.5 Å². The summed E-state index contributed by atoms with van der Waals surface area (Å²) in [6, 6.07) is 6.41. The minimum atomic E-state index is 0.306. The third-order valence-corrected chi connectivity index (χ3v) is 3.21. The van der Waals surface area contributed by atoms with Crippen molar-refractivity contribution in [2.45, 2.75) is 33.2 Å². The number of hydrogen-bond donors (Lipinski definition) is 0. The average Bonchev–Trinajstić information content (AvgIpc) is 3.04. The van der Waals surface area contributed by atoms with Crippen molar-refractivity contribution in [3.05, 3.63) is 34.9 Å². The van der Waals surface area contributed by atoms with Crippen LogP contribution in [0.1, 0.15) is 29.5 Å². The van der Waals surface area contributed by atoms with Gasteiger partial charge in [-0.25, -0.2) is 0 Å². The highest BCUT2D eigenvalue weighted by Crippen LogP contribution is 2.31. The Morgan fingerprint density at radius 1 is 1.38 bits per heavy atom. The van der Waals surface area contributed by atoms with E-state index in [1.54, 1.807) is 0 Å². The van der Waals surface area contributed by atoms with Crippen molar-refractivity contribution in [2.24, 2.45) is 5.92 Å². The van der Waals surface area contributed by atoms with E-state index in [-0.39, 0.29) is 0 Å². The monoisotopic (exact) mass is 217 g/mol. The third kappa shape index (κ3) is 2.43. The lowest BCUT2D eigenvalue weighted by molar-refractivity contribution is -0.131. The van der Waals surface area contributed by atoms with Gasteiger partial charge >= 0.3 is 0 Å². The molecule has 0 saturated heterocycles. The van der Waals surface area contributed by atoms with Crippen LogP contribution in [0.5, 0.6) is 0 Å². The van der Waals surface area contributed by atoms with E-state index in [9.17, 15) is 4.79 Å². The molecule has 1 aliphatic rings. The van der Waals surface area contributed by atoms with Crippen molar-refractivity contribution in [3.8, 4) is 0 Å². The fraction of sp³-hybridized carbons (Fsp3) is 0.500. The van der Waals surface area contributed by atoms with Crippen molar-refractivity contribution < 1.29 is 4.79 Å². The molecule has 1 aromatic rings. The van der Waals surface area contributed by atoms with Crippen LogP contribution in [-0.2, 0) is 11.3 Å². The van der Waals surface area contributed by atoms with Crippen molar-refractivity contribution in [1.29, 1.82) is 0 Å². The summed E-state index contributed by atoms with van der Waals surface area (Å²) in [5.41, 5.74) is 3.80. The number of carbonyl (C=O) groups excluding carboxylic acids is 1. The molecule has 86 valence electrons. The fourth-order valence-electron chi connectivity index (χ4n) is 2.00. The van der Waals surface area contributed by atoms with Gasteiger partial charge in [0.25, 0.3) is 0 Å².